The number of alkyl carbamates (subject to hydrolysis) is 1. The van der Waals surface area contributed by atoms with Crippen molar-refractivity contribution in [2.45, 2.75) is 52.8 Å². The molecule has 3 amide bonds. The molecule has 4 aromatic rings. The van der Waals surface area contributed by atoms with Gasteiger partial charge in [-0.15, -0.1) is 0 Å². The van der Waals surface area contributed by atoms with E-state index in [0.29, 0.717) is 22.5 Å². The molecule has 8 heteroatoms. The van der Waals surface area contributed by atoms with Crippen molar-refractivity contribution in [3.05, 3.63) is 107 Å². The Labute approximate surface area is 251 Å². The zero-order valence-corrected chi connectivity index (χ0v) is 25.0. The molecule has 0 aromatic heterocycles. The summed E-state index contributed by atoms with van der Waals surface area (Å²) in [4.78, 5) is 56.3. The summed E-state index contributed by atoms with van der Waals surface area (Å²) in [6.45, 7) is 8.81. The molecule has 5 rings (SSSR count). The lowest BCUT2D eigenvalue weighted by Crippen LogP contribution is -2.53. The Bertz CT molecular complexity index is 1720. The summed E-state index contributed by atoms with van der Waals surface area (Å²) in [5.74, 6) is -0.840. The number of para-hydroxylation sites is 2. The smallest absolute Gasteiger partial charge is 0.408 e. The molecule has 43 heavy (non-hydrogen) atoms. The Morgan fingerprint density at radius 3 is 2.16 bits per heavy atom. The lowest BCUT2D eigenvalue weighted by atomic mass is 9.99. The van der Waals surface area contributed by atoms with Crippen LogP contribution in [0.15, 0.2) is 84.9 Å². The quantitative estimate of drug-likeness (QED) is 0.276. The number of Topliss-reactive ketones (excluding diaryl/α,β-unsaturated/α-hetero) is 1. The van der Waals surface area contributed by atoms with Crippen LogP contribution in [0.2, 0.25) is 0 Å². The number of fused-ring (bicyclic) bond motifs is 2. The molecule has 1 aliphatic heterocycles. The highest BCUT2D eigenvalue weighted by atomic mass is 16.6. The molecule has 4 aromatic carbocycles. The van der Waals surface area contributed by atoms with Crippen molar-refractivity contribution in [1.29, 1.82) is 0 Å². The first kappa shape index (κ1) is 29.5. The second-order valence-corrected chi connectivity index (χ2v) is 11.7. The van der Waals surface area contributed by atoms with Gasteiger partial charge in [-0.1, -0.05) is 60.7 Å². The van der Waals surface area contributed by atoms with Gasteiger partial charge in [0.1, 0.15) is 11.6 Å². The van der Waals surface area contributed by atoms with Crippen molar-refractivity contribution in [1.82, 2.24) is 5.32 Å². The van der Waals surface area contributed by atoms with Crippen LogP contribution < -0.4 is 15.1 Å². The highest BCUT2D eigenvalue weighted by molar-refractivity contribution is 6.13. The molecule has 0 fully saturated rings. The number of aryl methyl sites for hydroxylation is 1. The number of anilines is 2. The monoisotopic (exact) mass is 577 g/mol. The molecule has 0 spiro atoms. The highest BCUT2D eigenvalue weighted by Crippen LogP contribution is 2.36. The van der Waals surface area contributed by atoms with Gasteiger partial charge in [0, 0.05) is 11.1 Å². The van der Waals surface area contributed by atoms with E-state index in [4.69, 9.17) is 4.74 Å². The number of hydrogen-bond donors (Lipinski definition) is 1. The minimum absolute atomic E-state index is 0.106. The van der Waals surface area contributed by atoms with Crippen LogP contribution in [0.5, 0.6) is 0 Å². The first-order valence-corrected chi connectivity index (χ1v) is 14.2. The first-order valence-electron chi connectivity index (χ1n) is 14.2. The van der Waals surface area contributed by atoms with Gasteiger partial charge in [-0.25, -0.2) is 4.79 Å². The van der Waals surface area contributed by atoms with E-state index in [0.717, 1.165) is 21.9 Å². The maximum absolute atomic E-state index is 14.4. The number of hydrogen-bond acceptors (Lipinski definition) is 5. The van der Waals surface area contributed by atoms with E-state index in [1.165, 1.54) is 11.8 Å². The maximum Gasteiger partial charge on any atom is 0.408 e. The van der Waals surface area contributed by atoms with Crippen molar-refractivity contribution in [3.8, 4) is 0 Å². The number of carbonyl (C=O) groups is 4. The van der Waals surface area contributed by atoms with E-state index in [1.54, 1.807) is 56.0 Å². The van der Waals surface area contributed by atoms with Crippen molar-refractivity contribution in [3.63, 3.8) is 0 Å². The molecule has 1 aliphatic rings. The van der Waals surface area contributed by atoms with Gasteiger partial charge < -0.3 is 19.9 Å². The van der Waals surface area contributed by atoms with Gasteiger partial charge in [0.25, 0.3) is 11.8 Å². The lowest BCUT2D eigenvalue weighted by Gasteiger charge is -2.27. The fourth-order valence-corrected chi connectivity index (χ4v) is 5.32. The minimum Gasteiger partial charge on any atom is -0.444 e. The Balaban J connectivity index is 1.61. The van der Waals surface area contributed by atoms with E-state index >= 15 is 0 Å². The van der Waals surface area contributed by atoms with E-state index < -0.39 is 17.7 Å². The first-order chi connectivity index (χ1) is 20.4. The summed E-state index contributed by atoms with van der Waals surface area (Å²) >= 11 is 0. The predicted molar refractivity (Wildman–Crippen MR) is 168 cm³/mol. The zero-order chi connectivity index (χ0) is 30.9. The van der Waals surface area contributed by atoms with Crippen molar-refractivity contribution < 1.29 is 23.9 Å². The van der Waals surface area contributed by atoms with Crippen molar-refractivity contribution in [2.24, 2.45) is 0 Å². The Morgan fingerprint density at radius 1 is 0.860 bits per heavy atom. The van der Waals surface area contributed by atoms with Crippen LogP contribution in [0.25, 0.3) is 10.8 Å². The highest BCUT2D eigenvalue weighted by Gasteiger charge is 2.38. The third kappa shape index (κ3) is 6.28. The predicted octanol–water partition coefficient (Wildman–Crippen LogP) is 6.44. The second kappa shape index (κ2) is 11.7. The van der Waals surface area contributed by atoms with E-state index in [1.807, 2.05) is 55.5 Å². The molecule has 1 unspecified atom stereocenters. The van der Waals surface area contributed by atoms with Crippen LogP contribution in [0.3, 0.4) is 0 Å². The van der Waals surface area contributed by atoms with E-state index in [-0.39, 0.29) is 30.7 Å². The number of benzene rings is 4. The van der Waals surface area contributed by atoms with Gasteiger partial charge in [0.05, 0.1) is 24.5 Å². The van der Waals surface area contributed by atoms with E-state index in [9.17, 15) is 19.2 Å². The Kier molecular flexibility index (Phi) is 8.04. The largest absolute Gasteiger partial charge is 0.444 e. The molecule has 1 heterocycles. The number of rotatable bonds is 5. The van der Waals surface area contributed by atoms with Crippen molar-refractivity contribution >= 4 is 45.8 Å². The van der Waals surface area contributed by atoms with Crippen LogP contribution in [0.1, 0.15) is 59.5 Å². The number of nitrogens with zero attached hydrogens (tertiary/aromatic N) is 2. The molecule has 0 saturated carbocycles. The summed E-state index contributed by atoms with van der Waals surface area (Å²) in [6, 6.07) is 24.6. The number of ether oxygens (including phenoxy) is 1. The zero-order valence-electron chi connectivity index (χ0n) is 25.0. The summed E-state index contributed by atoms with van der Waals surface area (Å²) in [5, 5.41) is 4.81. The molecule has 0 radical (unpaired) electrons. The molecule has 0 saturated heterocycles. The van der Waals surface area contributed by atoms with Gasteiger partial charge in [0.15, 0.2) is 5.78 Å². The fourth-order valence-electron chi connectivity index (χ4n) is 5.32. The Hall–Kier alpha value is -4.98. The van der Waals surface area contributed by atoms with Gasteiger partial charge in [0.2, 0.25) is 0 Å². The molecule has 0 aliphatic carbocycles. The van der Waals surface area contributed by atoms with Crippen LogP contribution in [0.4, 0.5) is 16.2 Å². The third-order valence-electron chi connectivity index (χ3n) is 7.46. The standard InChI is InChI=1S/C35H35N3O5/c1-22-14-15-25-10-6-7-11-27(25)28(22)20-37-30-12-8-9-13-31(30)38(32(40)26-18-16-24(17-19-26)23(2)39)21-29(33(37)41)36-34(42)43-35(3,4)5/h6-19,29H,20-21H2,1-5H3,(H,36,42). The number of nitrogens with one attached hydrogen (secondary N) is 1. The molecule has 1 N–H and O–H groups in total. The van der Waals surface area contributed by atoms with Crippen LogP contribution >= 0.6 is 0 Å². The average Bonchev–Trinajstić information content (AvgIpc) is 3.08. The van der Waals surface area contributed by atoms with Crippen LogP contribution in [-0.2, 0) is 16.1 Å². The third-order valence-corrected chi connectivity index (χ3v) is 7.46. The summed E-state index contributed by atoms with van der Waals surface area (Å²) in [5.41, 5.74) is 3.12. The van der Waals surface area contributed by atoms with Gasteiger partial charge in [-0.2, -0.15) is 0 Å². The Morgan fingerprint density at radius 2 is 1.49 bits per heavy atom. The van der Waals surface area contributed by atoms with E-state index in [2.05, 4.69) is 11.4 Å². The summed E-state index contributed by atoms with van der Waals surface area (Å²) in [6.07, 6.45) is -0.753. The number of carbonyl (C=O) groups excluding carboxylic acids is 4. The summed E-state index contributed by atoms with van der Waals surface area (Å²) in [7, 11) is 0. The second-order valence-electron chi connectivity index (χ2n) is 11.7. The molecule has 220 valence electrons. The van der Waals surface area contributed by atoms with Gasteiger partial charge >= 0.3 is 6.09 Å². The number of amides is 3. The average molecular weight is 578 g/mol. The molecule has 1 atom stereocenters. The maximum atomic E-state index is 14.4. The normalized spacial score (nSPS) is 15.1. The molecular formula is C35H35N3O5. The molecule has 0 bridgehead atoms. The molecule has 8 nitrogen and oxygen atoms in total. The van der Waals surface area contributed by atoms with Gasteiger partial charge in [-0.05, 0) is 80.8 Å². The lowest BCUT2D eigenvalue weighted by molar-refractivity contribution is -0.120. The minimum atomic E-state index is -1.10. The topological polar surface area (TPSA) is 96.0 Å². The fraction of sp³-hybridized carbons (Fsp3) is 0.257. The number of ketones is 1. The van der Waals surface area contributed by atoms with Crippen molar-refractivity contribution in [2.75, 3.05) is 16.3 Å². The molecular weight excluding hydrogens is 542 g/mol. The van der Waals surface area contributed by atoms with Crippen LogP contribution in [-0.4, -0.2) is 41.9 Å². The van der Waals surface area contributed by atoms with Gasteiger partial charge in [-0.3, -0.25) is 14.4 Å². The van der Waals surface area contributed by atoms with Crippen LogP contribution in [0, 0.1) is 6.92 Å². The summed E-state index contributed by atoms with van der Waals surface area (Å²) < 4.78 is 5.50. The SMILES string of the molecule is CC(=O)c1ccc(C(=O)N2CC(NC(=O)OC(C)(C)C)C(=O)N(Cc3c(C)ccc4ccccc34)c3ccccc32)cc1.